The molecule has 3 heteroatoms. The first-order chi connectivity index (χ1) is 7.43. The fraction of sp³-hybridized carbons (Fsp3) is 0.538. The Bertz CT molecular complexity index is 338. The zero-order chi connectivity index (χ0) is 12.2. The van der Waals surface area contributed by atoms with E-state index in [0.29, 0.717) is 0 Å². The van der Waals surface area contributed by atoms with Crippen molar-refractivity contribution < 1.29 is 0 Å². The largest absolute Gasteiger partial charge is 0.302 e. The van der Waals surface area contributed by atoms with Crippen molar-refractivity contribution in [2.75, 3.05) is 19.3 Å². The average Bonchev–Trinajstić information content (AvgIpc) is 2.16. The molecule has 0 aliphatic heterocycles. The van der Waals surface area contributed by atoms with Gasteiger partial charge < -0.3 is 4.90 Å². The molecular formula is C13H20BrNS. The molecule has 0 aliphatic carbocycles. The van der Waals surface area contributed by atoms with Gasteiger partial charge in [-0.2, -0.15) is 12.6 Å². The van der Waals surface area contributed by atoms with Crippen LogP contribution in [0.2, 0.25) is 0 Å². The maximum Gasteiger partial charge on any atom is 0.0231 e. The number of thiol groups is 1. The first kappa shape index (κ1) is 14.1. The number of nitrogens with zero attached hydrogens (tertiary/aromatic N) is 1. The second-order valence-corrected chi connectivity index (χ2v) is 6.36. The Labute approximate surface area is 113 Å². The van der Waals surface area contributed by atoms with Crippen LogP contribution in [0, 0.1) is 5.41 Å². The summed E-state index contributed by atoms with van der Waals surface area (Å²) in [7, 11) is 2.16. The van der Waals surface area contributed by atoms with Gasteiger partial charge in [-0.05, 0) is 35.9 Å². The Morgan fingerprint density at radius 3 is 2.62 bits per heavy atom. The molecule has 0 bridgehead atoms. The van der Waals surface area contributed by atoms with Gasteiger partial charge in [0.25, 0.3) is 0 Å². The molecule has 0 aromatic heterocycles. The summed E-state index contributed by atoms with van der Waals surface area (Å²) in [5.41, 5.74) is 1.61. The van der Waals surface area contributed by atoms with Crippen LogP contribution in [0.25, 0.3) is 0 Å². The number of hydrogen-bond donors (Lipinski definition) is 1. The van der Waals surface area contributed by atoms with Crippen molar-refractivity contribution >= 4 is 28.6 Å². The number of rotatable bonds is 5. The van der Waals surface area contributed by atoms with Gasteiger partial charge in [0.15, 0.2) is 0 Å². The molecule has 0 unspecified atom stereocenters. The van der Waals surface area contributed by atoms with E-state index in [-0.39, 0.29) is 5.41 Å². The third-order valence-corrected chi connectivity index (χ3v) is 3.82. The summed E-state index contributed by atoms with van der Waals surface area (Å²) in [6.07, 6.45) is 0. The zero-order valence-electron chi connectivity index (χ0n) is 10.2. The number of benzene rings is 1. The van der Waals surface area contributed by atoms with Crippen LogP contribution in [0.1, 0.15) is 19.4 Å². The van der Waals surface area contributed by atoms with Gasteiger partial charge >= 0.3 is 0 Å². The lowest BCUT2D eigenvalue weighted by atomic mass is 9.95. The Kier molecular flexibility index (Phi) is 5.35. The summed E-state index contributed by atoms with van der Waals surface area (Å²) in [4.78, 5) is 2.35. The molecule has 1 nitrogen and oxygen atoms in total. The van der Waals surface area contributed by atoms with Crippen LogP contribution >= 0.6 is 28.6 Å². The predicted octanol–water partition coefficient (Wildman–Crippen LogP) is 3.84. The van der Waals surface area contributed by atoms with Crippen molar-refractivity contribution in [3.8, 4) is 0 Å². The molecule has 0 amide bonds. The minimum Gasteiger partial charge on any atom is -0.302 e. The fourth-order valence-corrected chi connectivity index (χ4v) is 2.33. The van der Waals surface area contributed by atoms with Crippen LogP contribution in [-0.2, 0) is 6.54 Å². The molecule has 0 saturated heterocycles. The van der Waals surface area contributed by atoms with Crippen LogP contribution in [-0.4, -0.2) is 24.2 Å². The smallest absolute Gasteiger partial charge is 0.0231 e. The van der Waals surface area contributed by atoms with Crippen LogP contribution < -0.4 is 0 Å². The minimum atomic E-state index is 0.268. The molecule has 0 aliphatic rings. The van der Waals surface area contributed by atoms with Gasteiger partial charge in [0.1, 0.15) is 0 Å². The molecule has 0 fully saturated rings. The summed E-state index contributed by atoms with van der Waals surface area (Å²) in [5.74, 6) is 0.913. The Morgan fingerprint density at radius 1 is 1.38 bits per heavy atom. The minimum absolute atomic E-state index is 0.268. The zero-order valence-corrected chi connectivity index (χ0v) is 12.7. The number of hydrogen-bond acceptors (Lipinski definition) is 2. The molecule has 90 valence electrons. The molecule has 0 saturated carbocycles. The van der Waals surface area contributed by atoms with E-state index in [1.165, 1.54) is 5.56 Å². The molecule has 0 radical (unpaired) electrons. The molecule has 0 atom stereocenters. The van der Waals surface area contributed by atoms with Gasteiger partial charge in [0.2, 0.25) is 0 Å². The van der Waals surface area contributed by atoms with Crippen molar-refractivity contribution in [3.63, 3.8) is 0 Å². The summed E-state index contributed by atoms with van der Waals surface area (Å²) < 4.78 is 1.15. The highest BCUT2D eigenvalue weighted by atomic mass is 79.9. The normalized spacial score (nSPS) is 12.1. The van der Waals surface area contributed by atoms with E-state index >= 15 is 0 Å². The van der Waals surface area contributed by atoms with E-state index in [1.54, 1.807) is 0 Å². The predicted molar refractivity (Wildman–Crippen MR) is 78.1 cm³/mol. The lowest BCUT2D eigenvalue weighted by Crippen LogP contribution is -2.32. The Hall–Kier alpha value is 0.01000. The SMILES string of the molecule is CN(Cc1cccc(Br)c1)CC(C)(C)CS. The summed E-state index contributed by atoms with van der Waals surface area (Å²) in [6, 6.07) is 8.47. The van der Waals surface area contributed by atoms with Gasteiger partial charge in [-0.1, -0.05) is 41.9 Å². The van der Waals surface area contributed by atoms with Gasteiger partial charge in [0, 0.05) is 17.6 Å². The van der Waals surface area contributed by atoms with Gasteiger partial charge in [-0.25, -0.2) is 0 Å². The van der Waals surface area contributed by atoms with E-state index in [0.717, 1.165) is 23.3 Å². The maximum absolute atomic E-state index is 4.38. The monoisotopic (exact) mass is 301 g/mol. The topological polar surface area (TPSA) is 3.24 Å². The van der Waals surface area contributed by atoms with Crippen molar-refractivity contribution in [2.45, 2.75) is 20.4 Å². The van der Waals surface area contributed by atoms with Gasteiger partial charge in [-0.3, -0.25) is 0 Å². The van der Waals surface area contributed by atoms with E-state index in [1.807, 2.05) is 0 Å². The average molecular weight is 302 g/mol. The van der Waals surface area contributed by atoms with E-state index < -0.39 is 0 Å². The van der Waals surface area contributed by atoms with Crippen molar-refractivity contribution in [2.24, 2.45) is 5.41 Å². The van der Waals surface area contributed by atoms with E-state index in [4.69, 9.17) is 0 Å². The number of halogens is 1. The highest BCUT2D eigenvalue weighted by Gasteiger charge is 2.18. The highest BCUT2D eigenvalue weighted by molar-refractivity contribution is 9.10. The summed E-state index contributed by atoms with van der Waals surface area (Å²) in [5, 5.41) is 0. The first-order valence-corrected chi connectivity index (χ1v) is 6.89. The van der Waals surface area contributed by atoms with Crippen LogP contribution in [0.4, 0.5) is 0 Å². The van der Waals surface area contributed by atoms with Crippen molar-refractivity contribution in [1.82, 2.24) is 4.90 Å². The third-order valence-electron chi connectivity index (χ3n) is 2.47. The first-order valence-electron chi connectivity index (χ1n) is 5.47. The lowest BCUT2D eigenvalue weighted by Gasteiger charge is -2.28. The molecule has 0 spiro atoms. The van der Waals surface area contributed by atoms with E-state index in [9.17, 15) is 0 Å². The van der Waals surface area contributed by atoms with Gasteiger partial charge in [-0.15, -0.1) is 0 Å². The summed E-state index contributed by atoms with van der Waals surface area (Å²) in [6.45, 7) is 6.54. The maximum atomic E-state index is 4.38. The second-order valence-electron chi connectivity index (χ2n) is 5.12. The Balaban J connectivity index is 2.55. The molecule has 1 aromatic rings. The fourth-order valence-electron chi connectivity index (χ4n) is 1.78. The van der Waals surface area contributed by atoms with E-state index in [2.05, 4.69) is 78.6 Å². The van der Waals surface area contributed by atoms with Crippen molar-refractivity contribution in [1.29, 1.82) is 0 Å². The molecule has 1 aromatic carbocycles. The molecule has 0 N–H and O–H groups in total. The second kappa shape index (κ2) is 6.08. The van der Waals surface area contributed by atoms with Crippen LogP contribution in [0.15, 0.2) is 28.7 Å². The highest BCUT2D eigenvalue weighted by Crippen LogP contribution is 2.19. The quantitative estimate of drug-likeness (QED) is 0.809. The van der Waals surface area contributed by atoms with Crippen LogP contribution in [0.5, 0.6) is 0 Å². The van der Waals surface area contributed by atoms with Crippen LogP contribution in [0.3, 0.4) is 0 Å². The Morgan fingerprint density at radius 2 is 2.06 bits per heavy atom. The van der Waals surface area contributed by atoms with Gasteiger partial charge in [0.05, 0.1) is 0 Å². The lowest BCUT2D eigenvalue weighted by molar-refractivity contribution is 0.225. The third kappa shape index (κ3) is 4.89. The molecular weight excluding hydrogens is 282 g/mol. The van der Waals surface area contributed by atoms with Crippen molar-refractivity contribution in [3.05, 3.63) is 34.3 Å². The molecule has 0 heterocycles. The standard InChI is InChI=1S/C13H20BrNS/c1-13(2,10-16)9-15(3)8-11-5-4-6-12(14)7-11/h4-7,16H,8-10H2,1-3H3. The molecule has 1 rings (SSSR count). The summed E-state index contributed by atoms with van der Waals surface area (Å²) >= 11 is 7.88. The molecule has 16 heavy (non-hydrogen) atoms.